The average Bonchev–Trinajstić information content (AvgIpc) is 3.44. The molecule has 3 heterocycles. The van der Waals surface area contributed by atoms with Gasteiger partial charge in [0.05, 0.1) is 11.9 Å². The van der Waals surface area contributed by atoms with Crippen LogP contribution < -0.4 is 0 Å². The number of aromatic nitrogens is 2. The molecular weight excluding hydrogens is 332 g/mol. The molecular formula is C23H30N4. The number of piperidine rings is 1. The Hall–Kier alpha value is -1.91. The third kappa shape index (κ3) is 3.48. The van der Waals surface area contributed by atoms with Gasteiger partial charge in [-0.2, -0.15) is 5.10 Å². The number of benzene rings is 1. The normalized spacial score (nSPS) is 25.9. The van der Waals surface area contributed by atoms with Gasteiger partial charge < -0.3 is 0 Å². The van der Waals surface area contributed by atoms with Crippen LogP contribution in [0.15, 0.2) is 42.7 Å². The molecule has 0 N–H and O–H groups in total. The molecule has 5 rings (SSSR count). The smallest absolute Gasteiger partial charge is 0.0674 e. The van der Waals surface area contributed by atoms with Crippen molar-refractivity contribution in [2.75, 3.05) is 32.7 Å². The maximum atomic E-state index is 4.61. The molecule has 142 valence electrons. The third-order valence-corrected chi connectivity index (χ3v) is 6.84. The lowest BCUT2D eigenvalue weighted by Gasteiger charge is -2.31. The van der Waals surface area contributed by atoms with E-state index in [-0.39, 0.29) is 0 Å². The van der Waals surface area contributed by atoms with Crippen molar-refractivity contribution in [1.82, 2.24) is 19.6 Å². The minimum atomic E-state index is 0.901. The highest BCUT2D eigenvalue weighted by Crippen LogP contribution is 2.37. The Kier molecular flexibility index (Phi) is 4.62. The number of para-hydroxylation sites is 1. The second-order valence-electron chi connectivity index (χ2n) is 8.57. The Morgan fingerprint density at radius 1 is 1.15 bits per heavy atom. The highest BCUT2D eigenvalue weighted by molar-refractivity contribution is 5.66. The van der Waals surface area contributed by atoms with Gasteiger partial charge in [-0.05, 0) is 55.7 Å². The molecule has 1 aromatic carbocycles. The zero-order valence-electron chi connectivity index (χ0n) is 16.3. The van der Waals surface area contributed by atoms with E-state index in [4.69, 9.17) is 0 Å². The summed E-state index contributed by atoms with van der Waals surface area (Å²) in [4.78, 5) is 5.36. The molecule has 1 aromatic heterocycles. The number of hydrogen-bond acceptors (Lipinski definition) is 3. The molecule has 2 aliphatic heterocycles. The molecule has 2 aromatic rings. The van der Waals surface area contributed by atoms with Gasteiger partial charge in [0.25, 0.3) is 0 Å². The molecule has 4 nitrogen and oxygen atoms in total. The minimum absolute atomic E-state index is 0.901. The number of fused-ring (bicyclic) bond motifs is 2. The van der Waals surface area contributed by atoms with Gasteiger partial charge in [0.1, 0.15) is 0 Å². The predicted octanol–water partition coefficient (Wildman–Crippen LogP) is 3.75. The average molecular weight is 363 g/mol. The predicted molar refractivity (Wildman–Crippen MR) is 110 cm³/mol. The van der Waals surface area contributed by atoms with E-state index in [1.54, 1.807) is 0 Å². The van der Waals surface area contributed by atoms with Crippen LogP contribution >= 0.6 is 0 Å². The Morgan fingerprint density at radius 2 is 2.07 bits per heavy atom. The van der Waals surface area contributed by atoms with E-state index in [0.717, 1.165) is 24.9 Å². The Balaban J connectivity index is 1.19. The zero-order valence-corrected chi connectivity index (χ0v) is 16.3. The van der Waals surface area contributed by atoms with E-state index >= 15 is 0 Å². The first kappa shape index (κ1) is 17.2. The van der Waals surface area contributed by atoms with Gasteiger partial charge in [0.15, 0.2) is 0 Å². The summed E-state index contributed by atoms with van der Waals surface area (Å²) in [5.74, 6) is 1.01. The first-order valence-electron chi connectivity index (χ1n) is 10.5. The Labute approximate surface area is 162 Å². The molecule has 4 heteroatoms. The summed E-state index contributed by atoms with van der Waals surface area (Å²) in [6.07, 6.45) is 12.1. The van der Waals surface area contributed by atoms with Gasteiger partial charge in [-0.15, -0.1) is 0 Å². The lowest BCUT2D eigenvalue weighted by molar-refractivity contribution is 0.177. The Morgan fingerprint density at radius 3 is 2.81 bits per heavy atom. The summed E-state index contributed by atoms with van der Waals surface area (Å²) in [6.45, 7) is 8.22. The van der Waals surface area contributed by atoms with Crippen molar-refractivity contribution in [1.29, 1.82) is 0 Å². The van der Waals surface area contributed by atoms with Gasteiger partial charge in [-0.1, -0.05) is 24.3 Å². The molecule has 0 amide bonds. The highest BCUT2D eigenvalue weighted by atomic mass is 15.3. The van der Waals surface area contributed by atoms with Crippen molar-refractivity contribution >= 4 is 5.57 Å². The van der Waals surface area contributed by atoms with Crippen molar-refractivity contribution in [3.05, 3.63) is 53.9 Å². The van der Waals surface area contributed by atoms with Crippen LogP contribution in [0.3, 0.4) is 0 Å². The number of hydrogen-bond donors (Lipinski definition) is 0. The van der Waals surface area contributed by atoms with E-state index in [2.05, 4.69) is 58.4 Å². The largest absolute Gasteiger partial charge is 0.299 e. The van der Waals surface area contributed by atoms with Gasteiger partial charge in [-0.25, -0.2) is 4.68 Å². The SMILES string of the molecule is Cc1ccccc1-n1cc(C2=CCN(CCN3C[C@H]4CC[C@@H]3C4)CC2)cn1. The molecule has 2 bridgehead atoms. The summed E-state index contributed by atoms with van der Waals surface area (Å²) >= 11 is 0. The molecule has 0 unspecified atom stereocenters. The Bertz CT molecular complexity index is 836. The van der Waals surface area contributed by atoms with Crippen molar-refractivity contribution < 1.29 is 0 Å². The monoisotopic (exact) mass is 362 g/mol. The summed E-state index contributed by atoms with van der Waals surface area (Å²) in [7, 11) is 0. The van der Waals surface area contributed by atoms with Crippen LogP contribution in [0.5, 0.6) is 0 Å². The van der Waals surface area contributed by atoms with Gasteiger partial charge in [0.2, 0.25) is 0 Å². The van der Waals surface area contributed by atoms with Gasteiger partial charge in [0, 0.05) is 50.5 Å². The van der Waals surface area contributed by atoms with Crippen LogP contribution in [0.4, 0.5) is 0 Å². The molecule has 0 radical (unpaired) electrons. The molecule has 1 aliphatic carbocycles. The van der Waals surface area contributed by atoms with Crippen LogP contribution in [-0.2, 0) is 0 Å². The minimum Gasteiger partial charge on any atom is -0.299 e. The van der Waals surface area contributed by atoms with Gasteiger partial charge >= 0.3 is 0 Å². The lowest BCUT2D eigenvalue weighted by atomic mass is 10.0. The van der Waals surface area contributed by atoms with Crippen molar-refractivity contribution in [2.24, 2.45) is 5.92 Å². The standard InChI is InChI=1S/C23H30N4/c1-18-4-2-3-5-23(18)27-17-21(15-24-27)20-8-10-25(11-9-20)12-13-26-16-19-6-7-22(26)14-19/h2-5,8,15,17,19,22H,6-7,9-14,16H2,1H3/t19-,22+/m0/s1. The highest BCUT2D eigenvalue weighted by Gasteiger charge is 2.37. The third-order valence-electron chi connectivity index (χ3n) is 6.84. The topological polar surface area (TPSA) is 24.3 Å². The van der Waals surface area contributed by atoms with Crippen molar-refractivity contribution in [2.45, 2.75) is 38.6 Å². The maximum absolute atomic E-state index is 4.61. The fourth-order valence-corrected chi connectivity index (χ4v) is 5.19. The van der Waals surface area contributed by atoms with E-state index in [1.807, 2.05) is 10.9 Å². The molecule has 1 saturated heterocycles. The quantitative estimate of drug-likeness (QED) is 0.809. The summed E-state index contributed by atoms with van der Waals surface area (Å²) in [6, 6.07) is 9.33. The lowest BCUT2D eigenvalue weighted by Crippen LogP contribution is -2.40. The molecule has 3 aliphatic rings. The van der Waals surface area contributed by atoms with Crippen molar-refractivity contribution in [3.8, 4) is 5.69 Å². The fraction of sp³-hybridized carbons (Fsp3) is 0.522. The molecule has 2 atom stereocenters. The number of likely N-dealkylation sites (tertiary alicyclic amines) is 1. The first-order valence-corrected chi connectivity index (χ1v) is 10.5. The van der Waals surface area contributed by atoms with E-state index in [0.29, 0.717) is 0 Å². The summed E-state index contributed by atoms with van der Waals surface area (Å²) in [5.41, 5.74) is 5.15. The van der Waals surface area contributed by atoms with Crippen molar-refractivity contribution in [3.63, 3.8) is 0 Å². The van der Waals surface area contributed by atoms with E-state index < -0.39 is 0 Å². The van der Waals surface area contributed by atoms with E-state index in [9.17, 15) is 0 Å². The summed E-state index contributed by atoms with van der Waals surface area (Å²) < 4.78 is 2.01. The van der Waals surface area contributed by atoms with Crippen LogP contribution in [0.2, 0.25) is 0 Å². The van der Waals surface area contributed by atoms with Crippen LogP contribution in [0, 0.1) is 12.8 Å². The molecule has 0 spiro atoms. The molecule has 27 heavy (non-hydrogen) atoms. The van der Waals surface area contributed by atoms with E-state index in [1.165, 1.54) is 67.8 Å². The zero-order chi connectivity index (χ0) is 18.2. The van der Waals surface area contributed by atoms with Gasteiger partial charge in [-0.3, -0.25) is 9.80 Å². The first-order chi connectivity index (χ1) is 13.3. The second-order valence-corrected chi connectivity index (χ2v) is 8.57. The number of aryl methyl sites for hydroxylation is 1. The number of rotatable bonds is 5. The maximum Gasteiger partial charge on any atom is 0.0674 e. The second kappa shape index (κ2) is 7.25. The fourth-order valence-electron chi connectivity index (χ4n) is 5.19. The van der Waals surface area contributed by atoms with Crippen LogP contribution in [-0.4, -0.2) is 58.3 Å². The van der Waals surface area contributed by atoms with Crippen LogP contribution in [0.25, 0.3) is 11.3 Å². The molecule has 2 fully saturated rings. The number of nitrogens with zero attached hydrogens (tertiary/aromatic N) is 4. The molecule has 1 saturated carbocycles. The van der Waals surface area contributed by atoms with Crippen LogP contribution in [0.1, 0.15) is 36.8 Å². The summed E-state index contributed by atoms with van der Waals surface area (Å²) in [5, 5.41) is 4.61.